The third-order valence-corrected chi connectivity index (χ3v) is 4.28. The summed E-state index contributed by atoms with van der Waals surface area (Å²) >= 11 is 0. The molecule has 1 heterocycles. The van der Waals surface area contributed by atoms with Crippen molar-refractivity contribution in [1.29, 1.82) is 0 Å². The van der Waals surface area contributed by atoms with E-state index in [1.54, 1.807) is 6.92 Å². The van der Waals surface area contributed by atoms with Crippen molar-refractivity contribution in [2.24, 2.45) is 7.05 Å². The molecule has 0 amide bonds. The standard InChI is InChI=1S/C13H13FN2O4S/c1-8-3-4-9(5-11(8)14)15-21(19,20)10-6-12(13(17)18)16(2)7-10/h3-7,15H,1-2H3,(H,17,18). The van der Waals surface area contributed by atoms with E-state index in [0.29, 0.717) is 5.56 Å². The van der Waals surface area contributed by atoms with Gasteiger partial charge in [-0.1, -0.05) is 6.07 Å². The molecule has 2 aromatic rings. The summed E-state index contributed by atoms with van der Waals surface area (Å²) in [5.41, 5.74) is 0.301. The third-order valence-electron chi connectivity index (χ3n) is 2.93. The van der Waals surface area contributed by atoms with Crippen molar-refractivity contribution in [3.63, 3.8) is 0 Å². The van der Waals surface area contributed by atoms with Crippen molar-refractivity contribution in [2.75, 3.05) is 4.72 Å². The first kappa shape index (κ1) is 15.0. The van der Waals surface area contributed by atoms with Crippen LogP contribution in [0.3, 0.4) is 0 Å². The number of carbonyl (C=O) groups is 1. The van der Waals surface area contributed by atoms with E-state index in [1.165, 1.54) is 29.9 Å². The number of carboxylic acids is 1. The van der Waals surface area contributed by atoms with Gasteiger partial charge in [0.25, 0.3) is 10.0 Å². The molecule has 0 radical (unpaired) electrons. The number of nitrogens with zero attached hydrogens (tertiary/aromatic N) is 1. The average Bonchev–Trinajstić information content (AvgIpc) is 2.77. The highest BCUT2D eigenvalue weighted by Gasteiger charge is 2.20. The van der Waals surface area contributed by atoms with Crippen molar-refractivity contribution in [2.45, 2.75) is 11.8 Å². The second kappa shape index (κ2) is 5.21. The summed E-state index contributed by atoms with van der Waals surface area (Å²) in [5.74, 6) is -1.77. The molecule has 0 aliphatic rings. The molecule has 1 aromatic carbocycles. The first-order chi connectivity index (χ1) is 9.70. The lowest BCUT2D eigenvalue weighted by molar-refractivity contribution is 0.0686. The van der Waals surface area contributed by atoms with Crippen LogP contribution < -0.4 is 4.72 Å². The fourth-order valence-electron chi connectivity index (χ4n) is 1.76. The van der Waals surface area contributed by atoms with Crippen LogP contribution in [0.1, 0.15) is 16.1 Å². The molecule has 1 aromatic heterocycles. The largest absolute Gasteiger partial charge is 0.477 e. The minimum atomic E-state index is -3.98. The quantitative estimate of drug-likeness (QED) is 0.903. The second-order valence-corrected chi connectivity index (χ2v) is 6.23. The molecule has 0 spiro atoms. The van der Waals surface area contributed by atoms with Gasteiger partial charge >= 0.3 is 5.97 Å². The molecule has 112 valence electrons. The normalized spacial score (nSPS) is 11.4. The van der Waals surface area contributed by atoms with Crippen LogP contribution in [0.2, 0.25) is 0 Å². The van der Waals surface area contributed by atoms with E-state index in [2.05, 4.69) is 4.72 Å². The number of hydrogen-bond acceptors (Lipinski definition) is 3. The molecule has 21 heavy (non-hydrogen) atoms. The Morgan fingerprint density at radius 3 is 2.52 bits per heavy atom. The number of aromatic carboxylic acids is 1. The molecule has 0 bridgehead atoms. The van der Waals surface area contributed by atoms with Crippen molar-refractivity contribution in [3.05, 3.63) is 47.5 Å². The molecule has 0 aliphatic heterocycles. The maximum atomic E-state index is 13.4. The zero-order chi connectivity index (χ0) is 15.8. The summed E-state index contributed by atoms with van der Waals surface area (Å²) < 4.78 is 41.1. The molecule has 0 fully saturated rings. The lowest BCUT2D eigenvalue weighted by Gasteiger charge is -2.07. The number of hydrogen-bond donors (Lipinski definition) is 2. The maximum Gasteiger partial charge on any atom is 0.352 e. The fraction of sp³-hybridized carbons (Fsp3) is 0.154. The molecule has 0 saturated heterocycles. The van der Waals surface area contributed by atoms with Crippen molar-refractivity contribution < 1.29 is 22.7 Å². The van der Waals surface area contributed by atoms with Crippen LogP contribution in [-0.4, -0.2) is 24.1 Å². The van der Waals surface area contributed by atoms with E-state index in [9.17, 15) is 17.6 Å². The first-order valence-corrected chi connectivity index (χ1v) is 7.37. The van der Waals surface area contributed by atoms with E-state index in [1.807, 2.05) is 0 Å². The maximum absolute atomic E-state index is 13.4. The zero-order valence-corrected chi connectivity index (χ0v) is 12.1. The molecule has 2 rings (SSSR count). The van der Waals surface area contributed by atoms with Crippen LogP contribution >= 0.6 is 0 Å². The first-order valence-electron chi connectivity index (χ1n) is 5.89. The van der Waals surface area contributed by atoms with E-state index in [-0.39, 0.29) is 16.3 Å². The van der Waals surface area contributed by atoms with Crippen LogP contribution in [0.5, 0.6) is 0 Å². The van der Waals surface area contributed by atoms with E-state index >= 15 is 0 Å². The molecule has 0 atom stereocenters. The topological polar surface area (TPSA) is 88.4 Å². The monoisotopic (exact) mass is 312 g/mol. The molecule has 2 N–H and O–H groups in total. The summed E-state index contributed by atoms with van der Waals surface area (Å²) in [6.45, 7) is 1.56. The lowest BCUT2D eigenvalue weighted by Crippen LogP contribution is -2.12. The lowest BCUT2D eigenvalue weighted by atomic mass is 10.2. The van der Waals surface area contributed by atoms with Gasteiger partial charge in [-0.05, 0) is 30.7 Å². The summed E-state index contributed by atoms with van der Waals surface area (Å²) in [6.07, 6.45) is 1.18. The van der Waals surface area contributed by atoms with Gasteiger partial charge in [-0.2, -0.15) is 0 Å². The van der Waals surface area contributed by atoms with Gasteiger partial charge in [0, 0.05) is 13.2 Å². The highest BCUT2D eigenvalue weighted by Crippen LogP contribution is 2.20. The molecular formula is C13H13FN2O4S. The number of aromatic nitrogens is 1. The smallest absolute Gasteiger partial charge is 0.352 e. The molecule has 0 aliphatic carbocycles. The SMILES string of the molecule is Cc1ccc(NS(=O)(=O)c2cc(C(=O)O)n(C)c2)cc1F. The third kappa shape index (κ3) is 3.05. The second-order valence-electron chi connectivity index (χ2n) is 4.55. The predicted molar refractivity (Wildman–Crippen MR) is 74.3 cm³/mol. The Labute approximate surface area is 120 Å². The minimum absolute atomic E-state index is 0.0684. The van der Waals surface area contributed by atoms with Crippen LogP contribution in [0.4, 0.5) is 10.1 Å². The molecule has 0 unspecified atom stereocenters. The highest BCUT2D eigenvalue weighted by molar-refractivity contribution is 7.92. The van der Waals surface area contributed by atoms with Crippen LogP contribution in [0, 0.1) is 12.7 Å². The average molecular weight is 312 g/mol. The highest BCUT2D eigenvalue weighted by atomic mass is 32.2. The summed E-state index contributed by atoms with van der Waals surface area (Å²) in [5, 5.41) is 8.92. The van der Waals surface area contributed by atoms with Crippen molar-refractivity contribution in [1.82, 2.24) is 4.57 Å². The summed E-state index contributed by atoms with van der Waals surface area (Å²) in [6, 6.07) is 4.97. The van der Waals surface area contributed by atoms with E-state index in [4.69, 9.17) is 5.11 Å². The van der Waals surface area contributed by atoms with Crippen molar-refractivity contribution >= 4 is 21.7 Å². The molecule has 6 nitrogen and oxygen atoms in total. The Morgan fingerprint density at radius 1 is 1.33 bits per heavy atom. The molecule has 8 heteroatoms. The predicted octanol–water partition coefficient (Wildman–Crippen LogP) is 1.97. The number of benzene rings is 1. The number of sulfonamides is 1. The Hall–Kier alpha value is -2.35. The Balaban J connectivity index is 2.36. The Kier molecular flexibility index (Phi) is 3.73. The van der Waals surface area contributed by atoms with Gasteiger partial charge < -0.3 is 9.67 Å². The van der Waals surface area contributed by atoms with Gasteiger partial charge in [0.2, 0.25) is 0 Å². The number of carboxylic acid groups (broad SMARTS) is 1. The number of anilines is 1. The Morgan fingerprint density at radius 2 is 2.00 bits per heavy atom. The molecular weight excluding hydrogens is 299 g/mol. The van der Waals surface area contributed by atoms with E-state index in [0.717, 1.165) is 12.1 Å². The molecule has 0 saturated carbocycles. The van der Waals surface area contributed by atoms with Gasteiger partial charge in [-0.15, -0.1) is 0 Å². The fourth-order valence-corrected chi connectivity index (χ4v) is 2.88. The van der Waals surface area contributed by atoms with E-state index < -0.39 is 21.8 Å². The zero-order valence-electron chi connectivity index (χ0n) is 11.3. The van der Waals surface area contributed by atoms with Crippen molar-refractivity contribution in [3.8, 4) is 0 Å². The number of rotatable bonds is 4. The van der Waals surface area contributed by atoms with Gasteiger partial charge in [0.15, 0.2) is 0 Å². The summed E-state index contributed by atoms with van der Waals surface area (Å²) in [4.78, 5) is 10.7. The number of nitrogens with one attached hydrogen (secondary N) is 1. The minimum Gasteiger partial charge on any atom is -0.477 e. The van der Waals surface area contributed by atoms with Crippen LogP contribution in [0.15, 0.2) is 35.4 Å². The van der Waals surface area contributed by atoms with Gasteiger partial charge in [-0.25, -0.2) is 17.6 Å². The summed E-state index contributed by atoms with van der Waals surface area (Å²) in [7, 11) is -2.55. The van der Waals surface area contributed by atoms with Crippen LogP contribution in [0.25, 0.3) is 0 Å². The van der Waals surface area contributed by atoms with Gasteiger partial charge in [-0.3, -0.25) is 4.72 Å². The van der Waals surface area contributed by atoms with Gasteiger partial charge in [0.05, 0.1) is 5.69 Å². The number of aryl methyl sites for hydroxylation is 2. The van der Waals surface area contributed by atoms with Crippen LogP contribution in [-0.2, 0) is 17.1 Å². The number of halogens is 1. The Bertz CT molecular complexity index is 812. The van der Waals surface area contributed by atoms with Gasteiger partial charge in [0.1, 0.15) is 16.4 Å².